The van der Waals surface area contributed by atoms with Crippen molar-refractivity contribution in [3.8, 4) is 11.3 Å². The molecule has 0 unspecified atom stereocenters. The van der Waals surface area contributed by atoms with Crippen molar-refractivity contribution in [2.75, 3.05) is 0 Å². The highest BCUT2D eigenvalue weighted by Crippen LogP contribution is 2.19. The van der Waals surface area contributed by atoms with Gasteiger partial charge in [-0.15, -0.1) is 0 Å². The van der Waals surface area contributed by atoms with Crippen molar-refractivity contribution in [1.82, 2.24) is 9.97 Å². The molecule has 2 rings (SSSR count). The molecule has 0 saturated heterocycles. The highest BCUT2D eigenvalue weighted by molar-refractivity contribution is 6.29. The minimum absolute atomic E-state index is 0.0484. The number of ketones is 1. The minimum atomic E-state index is 0.0484. The third-order valence-corrected chi connectivity index (χ3v) is 2.43. The quantitative estimate of drug-likeness (QED) is 0.591. The molecular formula is C12H9ClN2O. The Morgan fingerprint density at radius 3 is 2.44 bits per heavy atom. The van der Waals surface area contributed by atoms with Crippen molar-refractivity contribution < 1.29 is 4.79 Å². The number of rotatable bonds is 2. The largest absolute Gasteiger partial charge is 0.295 e. The van der Waals surface area contributed by atoms with E-state index in [1.807, 2.05) is 12.1 Å². The van der Waals surface area contributed by atoms with Gasteiger partial charge in [0.25, 0.3) is 0 Å². The molecule has 2 aromatic rings. The summed E-state index contributed by atoms with van der Waals surface area (Å²) >= 11 is 5.77. The molecule has 3 nitrogen and oxygen atoms in total. The van der Waals surface area contributed by atoms with Crippen molar-refractivity contribution in [3.05, 3.63) is 47.4 Å². The Kier molecular flexibility index (Phi) is 2.97. The van der Waals surface area contributed by atoms with Crippen LogP contribution in [0.25, 0.3) is 11.3 Å². The Labute approximate surface area is 98.1 Å². The van der Waals surface area contributed by atoms with Crippen LogP contribution in [0.1, 0.15) is 17.3 Å². The maximum absolute atomic E-state index is 11.1. The van der Waals surface area contributed by atoms with Gasteiger partial charge in [0.2, 0.25) is 0 Å². The Bertz CT molecular complexity index is 523. The van der Waals surface area contributed by atoms with Crippen LogP contribution in [0, 0.1) is 0 Å². The Hall–Kier alpha value is -1.74. The molecule has 1 aromatic carbocycles. The number of nitrogens with zero attached hydrogens (tertiary/aromatic N) is 2. The summed E-state index contributed by atoms with van der Waals surface area (Å²) in [6.07, 6.45) is 1.41. The molecule has 1 heterocycles. The fraction of sp³-hybridized carbons (Fsp3) is 0.0833. The van der Waals surface area contributed by atoms with Crippen molar-refractivity contribution in [2.24, 2.45) is 0 Å². The van der Waals surface area contributed by atoms with E-state index in [0.29, 0.717) is 10.7 Å². The molecular weight excluding hydrogens is 224 g/mol. The molecule has 0 aliphatic carbocycles. The Morgan fingerprint density at radius 2 is 1.88 bits per heavy atom. The molecule has 0 bridgehead atoms. The van der Waals surface area contributed by atoms with Gasteiger partial charge in [-0.25, -0.2) is 9.97 Å². The molecule has 0 saturated carbocycles. The first-order valence-corrected chi connectivity index (χ1v) is 5.13. The summed E-state index contributed by atoms with van der Waals surface area (Å²) in [5.74, 6) is 0.0484. The number of halogens is 1. The number of Topliss-reactive ketones (excluding diaryl/α,β-unsaturated/α-hetero) is 1. The van der Waals surface area contributed by atoms with E-state index in [-0.39, 0.29) is 5.78 Å². The van der Waals surface area contributed by atoms with Gasteiger partial charge in [0.1, 0.15) is 11.5 Å². The van der Waals surface area contributed by atoms with Crippen molar-refractivity contribution >= 4 is 17.4 Å². The van der Waals surface area contributed by atoms with Gasteiger partial charge in [-0.05, 0) is 6.92 Å². The van der Waals surface area contributed by atoms with Crippen LogP contribution in [-0.2, 0) is 0 Å². The summed E-state index contributed by atoms with van der Waals surface area (Å²) in [5, 5.41) is 0.403. The van der Waals surface area contributed by atoms with Gasteiger partial charge >= 0.3 is 0 Å². The third-order valence-electron chi connectivity index (χ3n) is 2.22. The maximum Gasteiger partial charge on any atom is 0.159 e. The predicted molar refractivity (Wildman–Crippen MR) is 62.5 cm³/mol. The third kappa shape index (κ3) is 2.25. The zero-order chi connectivity index (χ0) is 11.5. The second-order valence-corrected chi connectivity index (χ2v) is 3.75. The topological polar surface area (TPSA) is 42.9 Å². The molecule has 0 aliphatic heterocycles. The average Bonchev–Trinajstić information content (AvgIpc) is 2.29. The highest BCUT2D eigenvalue weighted by atomic mass is 35.5. The molecule has 0 fully saturated rings. The van der Waals surface area contributed by atoms with Gasteiger partial charge < -0.3 is 0 Å². The molecule has 0 spiro atoms. The van der Waals surface area contributed by atoms with Gasteiger partial charge in [0.15, 0.2) is 5.78 Å². The van der Waals surface area contributed by atoms with Gasteiger partial charge in [-0.1, -0.05) is 35.9 Å². The monoisotopic (exact) mass is 232 g/mol. The second-order valence-electron chi connectivity index (χ2n) is 3.36. The molecule has 4 heteroatoms. The first kappa shape index (κ1) is 10.8. The average molecular weight is 233 g/mol. The summed E-state index contributed by atoms with van der Waals surface area (Å²) in [7, 11) is 0. The first-order chi connectivity index (χ1) is 7.66. The fourth-order valence-corrected chi connectivity index (χ4v) is 1.51. The van der Waals surface area contributed by atoms with Crippen molar-refractivity contribution in [2.45, 2.75) is 6.92 Å². The van der Waals surface area contributed by atoms with Crippen molar-refractivity contribution in [3.63, 3.8) is 0 Å². The number of hydrogen-bond donors (Lipinski definition) is 0. The van der Waals surface area contributed by atoms with E-state index in [0.717, 1.165) is 11.3 Å². The molecule has 0 N–H and O–H groups in total. The number of carbonyl (C=O) groups is 1. The summed E-state index contributed by atoms with van der Waals surface area (Å²) in [4.78, 5) is 19.0. The number of aromatic nitrogens is 2. The van der Waals surface area contributed by atoms with Crippen LogP contribution < -0.4 is 0 Å². The van der Waals surface area contributed by atoms with E-state index in [1.54, 1.807) is 18.2 Å². The van der Waals surface area contributed by atoms with Crippen LogP contribution in [0.4, 0.5) is 0 Å². The lowest BCUT2D eigenvalue weighted by Crippen LogP contribution is -1.91. The summed E-state index contributed by atoms with van der Waals surface area (Å²) in [6.45, 7) is 1.54. The molecule has 0 atom stereocenters. The van der Waals surface area contributed by atoms with E-state index in [4.69, 9.17) is 11.6 Å². The van der Waals surface area contributed by atoms with E-state index < -0.39 is 0 Å². The number of hydrogen-bond acceptors (Lipinski definition) is 3. The zero-order valence-electron chi connectivity index (χ0n) is 8.64. The summed E-state index contributed by atoms with van der Waals surface area (Å²) in [5.41, 5.74) is 2.34. The molecule has 16 heavy (non-hydrogen) atoms. The molecule has 0 radical (unpaired) electrons. The molecule has 0 aliphatic rings. The predicted octanol–water partition coefficient (Wildman–Crippen LogP) is 3.00. The van der Waals surface area contributed by atoms with Gasteiger partial charge in [-0.2, -0.15) is 0 Å². The van der Waals surface area contributed by atoms with E-state index in [1.165, 1.54) is 13.3 Å². The van der Waals surface area contributed by atoms with Crippen LogP contribution in [0.5, 0.6) is 0 Å². The van der Waals surface area contributed by atoms with Crippen LogP contribution in [-0.4, -0.2) is 15.8 Å². The lowest BCUT2D eigenvalue weighted by Gasteiger charge is -2.01. The van der Waals surface area contributed by atoms with Gasteiger partial charge in [0.05, 0.1) is 5.69 Å². The Balaban J connectivity index is 2.38. The van der Waals surface area contributed by atoms with E-state index >= 15 is 0 Å². The smallest absolute Gasteiger partial charge is 0.159 e. The Morgan fingerprint density at radius 1 is 1.19 bits per heavy atom. The van der Waals surface area contributed by atoms with Crippen molar-refractivity contribution in [1.29, 1.82) is 0 Å². The highest BCUT2D eigenvalue weighted by Gasteiger charge is 2.02. The van der Waals surface area contributed by atoms with Gasteiger partial charge in [0, 0.05) is 17.2 Å². The lowest BCUT2D eigenvalue weighted by atomic mass is 10.1. The lowest BCUT2D eigenvalue weighted by molar-refractivity contribution is 0.101. The van der Waals surface area contributed by atoms with E-state index in [9.17, 15) is 4.79 Å². The van der Waals surface area contributed by atoms with Crippen LogP contribution in [0.3, 0.4) is 0 Å². The van der Waals surface area contributed by atoms with Crippen LogP contribution in [0.2, 0.25) is 5.15 Å². The first-order valence-electron chi connectivity index (χ1n) is 4.76. The van der Waals surface area contributed by atoms with E-state index in [2.05, 4.69) is 9.97 Å². The SMILES string of the molecule is CC(=O)c1ccc(-c2cc(Cl)ncn2)cc1. The zero-order valence-corrected chi connectivity index (χ0v) is 9.40. The summed E-state index contributed by atoms with van der Waals surface area (Å²) < 4.78 is 0. The molecule has 1 aromatic heterocycles. The summed E-state index contributed by atoms with van der Waals surface area (Å²) in [6, 6.07) is 8.91. The number of benzene rings is 1. The standard InChI is InChI=1S/C12H9ClN2O/c1-8(16)9-2-4-10(5-3-9)11-6-12(13)15-7-14-11/h2-7H,1H3. The minimum Gasteiger partial charge on any atom is -0.295 e. The maximum atomic E-state index is 11.1. The molecule has 80 valence electrons. The molecule has 0 amide bonds. The second kappa shape index (κ2) is 4.41. The van der Waals surface area contributed by atoms with Crippen LogP contribution >= 0.6 is 11.6 Å². The normalized spacial score (nSPS) is 10.1. The van der Waals surface area contributed by atoms with Gasteiger partial charge in [-0.3, -0.25) is 4.79 Å². The fourth-order valence-electron chi connectivity index (χ4n) is 1.37. The number of carbonyl (C=O) groups excluding carboxylic acids is 1. The van der Waals surface area contributed by atoms with Crippen LogP contribution in [0.15, 0.2) is 36.7 Å².